The van der Waals surface area contributed by atoms with E-state index in [1.807, 2.05) is 18.2 Å². The zero-order valence-electron chi connectivity index (χ0n) is 18.6. The number of allylic oxidation sites excluding steroid dienone is 1. The van der Waals surface area contributed by atoms with Crippen LogP contribution in [-0.2, 0) is 11.2 Å². The molecule has 5 nitrogen and oxygen atoms in total. The van der Waals surface area contributed by atoms with E-state index in [-0.39, 0.29) is 5.91 Å². The molecule has 1 amide bonds. The van der Waals surface area contributed by atoms with Gasteiger partial charge in [0.05, 0.1) is 0 Å². The molecule has 0 bridgehead atoms. The van der Waals surface area contributed by atoms with Crippen molar-refractivity contribution in [1.29, 1.82) is 10.8 Å². The zero-order chi connectivity index (χ0) is 22.9. The summed E-state index contributed by atoms with van der Waals surface area (Å²) in [5.74, 6) is 0.0879. The Morgan fingerprint density at radius 1 is 1.06 bits per heavy atom. The van der Waals surface area contributed by atoms with Gasteiger partial charge in [0.25, 0.3) is 0 Å². The standard InChI is InChI=1S/C21H24N2O.C4H9N.CH3N/c22-15-19-7-4-8-20(19)23-21(24)14-11-16-9-12-18(13-10-16)17-5-2-1-3-6-17;1-2-3-4-5;1-2/h1-3,5-6,9-10,12-13H,4,7-8,11,14-15,22H2,(H,23,24);4-5H,2-3H2,1H3;2H,1H2. The van der Waals surface area contributed by atoms with Gasteiger partial charge in [-0.1, -0.05) is 67.9 Å². The van der Waals surface area contributed by atoms with E-state index in [0.717, 1.165) is 44.2 Å². The topological polar surface area (TPSA) is 103 Å². The third-order valence-corrected chi connectivity index (χ3v) is 5.00. The van der Waals surface area contributed by atoms with E-state index >= 15 is 0 Å². The molecule has 5 heteroatoms. The number of hydrogen-bond acceptors (Lipinski definition) is 4. The van der Waals surface area contributed by atoms with Crippen molar-refractivity contribution in [2.45, 2.75) is 51.9 Å². The van der Waals surface area contributed by atoms with Crippen LogP contribution in [0.15, 0.2) is 65.9 Å². The van der Waals surface area contributed by atoms with Crippen LogP contribution in [0.2, 0.25) is 0 Å². The van der Waals surface area contributed by atoms with E-state index in [0.29, 0.717) is 13.0 Å². The van der Waals surface area contributed by atoms with Gasteiger partial charge in [0.15, 0.2) is 0 Å². The Balaban J connectivity index is 0.000000605. The highest BCUT2D eigenvalue weighted by Crippen LogP contribution is 2.23. The summed E-state index contributed by atoms with van der Waals surface area (Å²) in [4.78, 5) is 12.1. The van der Waals surface area contributed by atoms with E-state index in [1.54, 1.807) is 0 Å². The Labute approximate surface area is 186 Å². The predicted molar refractivity (Wildman–Crippen MR) is 132 cm³/mol. The van der Waals surface area contributed by atoms with Crippen molar-refractivity contribution in [3.8, 4) is 11.1 Å². The second-order valence-electron chi connectivity index (χ2n) is 7.24. The maximum Gasteiger partial charge on any atom is 0.224 e. The maximum atomic E-state index is 12.1. The van der Waals surface area contributed by atoms with E-state index in [4.69, 9.17) is 16.6 Å². The maximum absolute atomic E-state index is 12.1. The van der Waals surface area contributed by atoms with Gasteiger partial charge in [-0.2, -0.15) is 0 Å². The Morgan fingerprint density at radius 2 is 1.71 bits per heavy atom. The molecular weight excluding hydrogens is 384 g/mol. The van der Waals surface area contributed by atoms with Crippen LogP contribution >= 0.6 is 0 Å². The Bertz CT molecular complexity index is 813. The molecule has 1 aliphatic carbocycles. The van der Waals surface area contributed by atoms with Crippen molar-refractivity contribution in [2.24, 2.45) is 5.73 Å². The molecule has 2 aromatic carbocycles. The van der Waals surface area contributed by atoms with Crippen LogP contribution in [0.25, 0.3) is 11.1 Å². The Hall–Kier alpha value is -3.05. The van der Waals surface area contributed by atoms with Crippen molar-refractivity contribution >= 4 is 18.8 Å². The lowest BCUT2D eigenvalue weighted by Crippen LogP contribution is -2.24. The Morgan fingerprint density at radius 3 is 2.26 bits per heavy atom. The van der Waals surface area contributed by atoms with Gasteiger partial charge in [0.1, 0.15) is 0 Å². The van der Waals surface area contributed by atoms with Crippen molar-refractivity contribution in [1.82, 2.24) is 5.32 Å². The fraction of sp³-hybridized carbons (Fsp3) is 0.346. The average molecular weight is 421 g/mol. The van der Waals surface area contributed by atoms with Gasteiger partial charge in [-0.15, -0.1) is 0 Å². The molecular formula is C26H36N4O. The number of benzene rings is 2. The first-order valence-corrected chi connectivity index (χ1v) is 10.9. The number of carbonyl (C=O) groups excluding carboxylic acids is 1. The minimum Gasteiger partial charge on any atom is -0.330 e. The van der Waals surface area contributed by atoms with Gasteiger partial charge in [-0.3, -0.25) is 4.79 Å². The molecule has 0 saturated heterocycles. The molecule has 0 aromatic heterocycles. The van der Waals surface area contributed by atoms with Crippen LogP contribution in [0.5, 0.6) is 0 Å². The smallest absolute Gasteiger partial charge is 0.224 e. The van der Waals surface area contributed by atoms with Gasteiger partial charge in [0.2, 0.25) is 5.91 Å². The minimum absolute atomic E-state index is 0.0879. The molecule has 1 aliphatic rings. The van der Waals surface area contributed by atoms with Crippen LogP contribution in [0.3, 0.4) is 0 Å². The van der Waals surface area contributed by atoms with Crippen molar-refractivity contribution in [2.75, 3.05) is 6.54 Å². The number of hydrogen-bond donors (Lipinski definition) is 4. The quantitative estimate of drug-likeness (QED) is 0.424. The highest BCUT2D eigenvalue weighted by Gasteiger charge is 2.15. The van der Waals surface area contributed by atoms with Crippen molar-refractivity contribution in [3.05, 3.63) is 71.4 Å². The third-order valence-electron chi connectivity index (χ3n) is 5.00. The first-order valence-electron chi connectivity index (χ1n) is 10.9. The molecule has 0 saturated carbocycles. The van der Waals surface area contributed by atoms with Gasteiger partial charge in [-0.25, -0.2) is 0 Å². The van der Waals surface area contributed by atoms with Crippen LogP contribution in [0.1, 0.15) is 51.0 Å². The molecule has 166 valence electrons. The van der Waals surface area contributed by atoms with E-state index in [9.17, 15) is 4.79 Å². The van der Waals surface area contributed by atoms with Crippen LogP contribution in [0.4, 0.5) is 0 Å². The van der Waals surface area contributed by atoms with Gasteiger partial charge >= 0.3 is 0 Å². The first kappa shape index (κ1) is 26.0. The monoisotopic (exact) mass is 420 g/mol. The number of rotatable bonds is 8. The molecule has 2 aromatic rings. The summed E-state index contributed by atoms with van der Waals surface area (Å²) in [6.45, 7) is 5.11. The highest BCUT2D eigenvalue weighted by atomic mass is 16.1. The lowest BCUT2D eigenvalue weighted by molar-refractivity contribution is -0.120. The number of nitrogens with two attached hydrogens (primary N) is 1. The fourth-order valence-corrected chi connectivity index (χ4v) is 3.31. The number of unbranched alkanes of at least 4 members (excludes halogenated alkanes) is 1. The molecule has 31 heavy (non-hydrogen) atoms. The average Bonchev–Trinajstić information content (AvgIpc) is 3.28. The van der Waals surface area contributed by atoms with Gasteiger partial charge in [-0.05, 0) is 67.3 Å². The summed E-state index contributed by atoms with van der Waals surface area (Å²) in [6, 6.07) is 18.8. The first-order chi connectivity index (χ1) is 15.2. The molecule has 0 atom stereocenters. The number of carbonyl (C=O) groups is 1. The second kappa shape index (κ2) is 15.7. The molecule has 0 spiro atoms. The van der Waals surface area contributed by atoms with Gasteiger partial charge in [0, 0.05) is 18.7 Å². The van der Waals surface area contributed by atoms with Crippen molar-refractivity contribution in [3.63, 3.8) is 0 Å². The Kier molecular flexibility index (Phi) is 13.2. The van der Waals surface area contributed by atoms with Crippen LogP contribution in [0, 0.1) is 10.8 Å². The summed E-state index contributed by atoms with van der Waals surface area (Å²) in [7, 11) is 0. The number of aryl methyl sites for hydroxylation is 1. The van der Waals surface area contributed by atoms with E-state index < -0.39 is 0 Å². The lowest BCUT2D eigenvalue weighted by Gasteiger charge is -2.09. The minimum atomic E-state index is 0.0879. The number of nitrogens with one attached hydrogen (secondary N) is 3. The summed E-state index contributed by atoms with van der Waals surface area (Å²) in [5.41, 5.74) is 11.6. The SMILES string of the molecule is C=N.CCCC=N.NCC1=C(NC(=O)CCc2ccc(-c3ccccc3)cc2)CCC1. The number of amides is 1. The molecule has 5 N–H and O–H groups in total. The van der Waals surface area contributed by atoms with E-state index in [1.165, 1.54) is 28.5 Å². The highest BCUT2D eigenvalue weighted by molar-refractivity contribution is 5.78. The molecule has 0 radical (unpaired) electrons. The normalized spacial score (nSPS) is 12.2. The summed E-state index contributed by atoms with van der Waals surface area (Å²) < 4.78 is 0. The summed E-state index contributed by atoms with van der Waals surface area (Å²) in [6.07, 6.45) is 7.79. The molecule has 0 fully saturated rings. The molecule has 0 unspecified atom stereocenters. The van der Waals surface area contributed by atoms with E-state index in [2.05, 4.69) is 55.4 Å². The third kappa shape index (κ3) is 9.53. The van der Waals surface area contributed by atoms with Crippen LogP contribution < -0.4 is 11.1 Å². The molecule has 0 aliphatic heterocycles. The summed E-state index contributed by atoms with van der Waals surface area (Å²) >= 11 is 0. The van der Waals surface area contributed by atoms with Crippen molar-refractivity contribution < 1.29 is 4.79 Å². The second-order valence-corrected chi connectivity index (χ2v) is 7.24. The summed E-state index contributed by atoms with van der Waals surface area (Å²) in [5, 5.41) is 15.0. The van der Waals surface area contributed by atoms with Crippen LogP contribution in [-0.4, -0.2) is 25.4 Å². The zero-order valence-corrected chi connectivity index (χ0v) is 18.6. The molecule has 3 rings (SSSR count). The fourth-order valence-electron chi connectivity index (χ4n) is 3.31. The largest absolute Gasteiger partial charge is 0.330 e. The lowest BCUT2D eigenvalue weighted by atomic mass is 10.0. The molecule has 0 heterocycles. The van der Waals surface area contributed by atoms with Gasteiger partial charge < -0.3 is 21.9 Å². The predicted octanol–water partition coefficient (Wildman–Crippen LogP) is 5.50.